The Morgan fingerprint density at radius 2 is 2.06 bits per heavy atom. The second-order valence-corrected chi connectivity index (χ2v) is 4.34. The van der Waals surface area contributed by atoms with Crippen molar-refractivity contribution in [2.45, 2.75) is 6.42 Å². The number of hydrogen-bond donors (Lipinski definition) is 2. The maximum absolute atomic E-state index is 11.4. The van der Waals surface area contributed by atoms with Crippen molar-refractivity contribution in [3.05, 3.63) is 35.4 Å². The Hall–Kier alpha value is -1.95. The van der Waals surface area contributed by atoms with Crippen LogP contribution in [0.25, 0.3) is 0 Å². The highest BCUT2D eigenvalue weighted by atomic mass is 32.1. The Labute approximate surface area is 109 Å². The second kappa shape index (κ2) is 5.14. The van der Waals surface area contributed by atoms with Crippen LogP contribution in [0.3, 0.4) is 0 Å². The maximum Gasteiger partial charge on any atom is 0.335 e. The molecule has 5 nitrogen and oxygen atoms in total. The van der Waals surface area contributed by atoms with Crippen LogP contribution < -0.4 is 5.32 Å². The zero-order valence-corrected chi connectivity index (χ0v) is 10.4. The van der Waals surface area contributed by atoms with Crippen molar-refractivity contribution in [3.8, 4) is 0 Å². The molecular weight excluding hydrogens is 252 g/mol. The van der Waals surface area contributed by atoms with Crippen LogP contribution in [0.1, 0.15) is 15.9 Å². The van der Waals surface area contributed by atoms with Crippen molar-refractivity contribution >= 4 is 29.2 Å². The van der Waals surface area contributed by atoms with Crippen LogP contribution in [0, 0.1) is 0 Å². The van der Waals surface area contributed by atoms with E-state index in [0.717, 1.165) is 5.56 Å². The van der Waals surface area contributed by atoms with E-state index in [2.05, 4.69) is 5.32 Å². The van der Waals surface area contributed by atoms with E-state index < -0.39 is 5.97 Å². The number of amides is 1. The summed E-state index contributed by atoms with van der Waals surface area (Å²) in [4.78, 5) is 23.7. The number of carboxylic acid groups (broad SMARTS) is 1. The number of carboxylic acids is 1. The first kappa shape index (κ1) is 12.5. The van der Waals surface area contributed by atoms with E-state index in [9.17, 15) is 9.59 Å². The molecule has 1 aliphatic rings. The maximum atomic E-state index is 11.4. The summed E-state index contributed by atoms with van der Waals surface area (Å²) in [6, 6.07) is 6.61. The molecule has 94 valence electrons. The number of aromatic carboxylic acids is 1. The van der Waals surface area contributed by atoms with Gasteiger partial charge in [0.25, 0.3) is 0 Å². The Kier molecular flexibility index (Phi) is 3.57. The van der Waals surface area contributed by atoms with Crippen LogP contribution in [0.4, 0.5) is 0 Å². The van der Waals surface area contributed by atoms with Crippen LogP contribution in [0.2, 0.25) is 0 Å². The Balaban J connectivity index is 1.96. The minimum atomic E-state index is -0.943. The molecule has 18 heavy (non-hydrogen) atoms. The van der Waals surface area contributed by atoms with Gasteiger partial charge in [-0.25, -0.2) is 4.79 Å². The molecule has 1 saturated heterocycles. The van der Waals surface area contributed by atoms with Crippen LogP contribution in [0.15, 0.2) is 24.3 Å². The van der Waals surface area contributed by atoms with Crippen molar-refractivity contribution in [2.24, 2.45) is 0 Å². The van der Waals surface area contributed by atoms with Gasteiger partial charge >= 0.3 is 5.97 Å². The molecular formula is C12H12N2O3S. The normalized spacial score (nSPS) is 14.8. The first-order valence-corrected chi connectivity index (χ1v) is 5.89. The summed E-state index contributed by atoms with van der Waals surface area (Å²) in [7, 11) is 0. The minimum Gasteiger partial charge on any atom is -0.478 e. The lowest BCUT2D eigenvalue weighted by Gasteiger charge is -2.14. The van der Waals surface area contributed by atoms with Gasteiger partial charge in [-0.2, -0.15) is 0 Å². The van der Waals surface area contributed by atoms with E-state index in [-0.39, 0.29) is 18.0 Å². The molecule has 2 N–H and O–H groups in total. The van der Waals surface area contributed by atoms with Gasteiger partial charge in [0.15, 0.2) is 5.11 Å². The SMILES string of the molecule is O=C(O)c1ccc(CCN2C(=O)CNC2=S)cc1. The third-order valence-corrected chi connectivity index (χ3v) is 3.13. The predicted molar refractivity (Wildman–Crippen MR) is 69.4 cm³/mol. The molecule has 0 radical (unpaired) electrons. The summed E-state index contributed by atoms with van der Waals surface area (Å²) in [5.41, 5.74) is 1.23. The van der Waals surface area contributed by atoms with Crippen LogP contribution in [-0.2, 0) is 11.2 Å². The van der Waals surface area contributed by atoms with E-state index in [1.165, 1.54) is 4.90 Å². The highest BCUT2D eigenvalue weighted by Crippen LogP contribution is 2.07. The Morgan fingerprint density at radius 3 is 2.56 bits per heavy atom. The monoisotopic (exact) mass is 264 g/mol. The minimum absolute atomic E-state index is 0.0258. The standard InChI is InChI=1S/C12H12N2O3S/c15-10-7-13-12(18)14(10)6-5-8-1-3-9(4-2-8)11(16)17/h1-4H,5-7H2,(H,13,18)(H,16,17). The van der Waals surface area contributed by atoms with Gasteiger partial charge in [0.05, 0.1) is 12.1 Å². The van der Waals surface area contributed by atoms with Gasteiger partial charge in [0, 0.05) is 6.54 Å². The number of hydrogen-bond acceptors (Lipinski definition) is 3. The van der Waals surface area contributed by atoms with Crippen molar-refractivity contribution in [3.63, 3.8) is 0 Å². The average Bonchev–Trinajstić information content (AvgIpc) is 2.67. The molecule has 0 bridgehead atoms. The quantitative estimate of drug-likeness (QED) is 0.781. The molecule has 0 aromatic heterocycles. The van der Waals surface area contributed by atoms with Crippen molar-refractivity contribution in [1.82, 2.24) is 10.2 Å². The molecule has 0 spiro atoms. The first-order chi connectivity index (χ1) is 8.58. The van der Waals surface area contributed by atoms with Gasteiger partial charge in [-0.15, -0.1) is 0 Å². The molecule has 6 heteroatoms. The van der Waals surface area contributed by atoms with E-state index in [4.69, 9.17) is 17.3 Å². The summed E-state index contributed by atoms with van der Waals surface area (Å²) in [5, 5.41) is 12.0. The van der Waals surface area contributed by atoms with Gasteiger partial charge < -0.3 is 10.4 Å². The number of benzene rings is 1. The fourth-order valence-corrected chi connectivity index (χ4v) is 2.00. The fraction of sp³-hybridized carbons (Fsp3) is 0.250. The molecule has 0 unspecified atom stereocenters. The van der Waals surface area contributed by atoms with Crippen LogP contribution >= 0.6 is 12.2 Å². The lowest BCUT2D eigenvalue weighted by Crippen LogP contribution is -2.32. The smallest absolute Gasteiger partial charge is 0.335 e. The predicted octanol–water partition coefficient (Wildman–Crippen LogP) is 0.644. The third kappa shape index (κ3) is 2.65. The number of carbonyl (C=O) groups is 2. The van der Waals surface area contributed by atoms with Crippen molar-refractivity contribution < 1.29 is 14.7 Å². The van der Waals surface area contributed by atoms with E-state index in [0.29, 0.717) is 18.1 Å². The topological polar surface area (TPSA) is 69.6 Å². The molecule has 0 atom stereocenters. The summed E-state index contributed by atoms with van der Waals surface area (Å²) < 4.78 is 0. The molecule has 1 aromatic carbocycles. The van der Waals surface area contributed by atoms with Crippen LogP contribution in [0.5, 0.6) is 0 Å². The van der Waals surface area contributed by atoms with E-state index in [1.807, 2.05) is 0 Å². The number of rotatable bonds is 4. The molecule has 1 fully saturated rings. The number of nitrogens with one attached hydrogen (secondary N) is 1. The number of nitrogens with zero attached hydrogens (tertiary/aromatic N) is 1. The van der Waals surface area contributed by atoms with Gasteiger partial charge in [0.1, 0.15) is 0 Å². The van der Waals surface area contributed by atoms with Crippen molar-refractivity contribution in [2.75, 3.05) is 13.1 Å². The molecule has 1 aromatic rings. The molecule has 0 saturated carbocycles. The van der Waals surface area contributed by atoms with Crippen LogP contribution in [-0.4, -0.2) is 40.1 Å². The van der Waals surface area contributed by atoms with Gasteiger partial charge in [-0.1, -0.05) is 12.1 Å². The summed E-state index contributed by atoms with van der Waals surface area (Å²) >= 11 is 5.00. The van der Waals surface area contributed by atoms with Gasteiger partial charge in [0.2, 0.25) is 5.91 Å². The number of carbonyl (C=O) groups excluding carboxylic acids is 1. The Bertz CT molecular complexity index is 483. The lowest BCUT2D eigenvalue weighted by atomic mass is 10.1. The summed E-state index contributed by atoms with van der Waals surface area (Å²) in [6.07, 6.45) is 0.646. The molecule has 2 rings (SSSR count). The third-order valence-electron chi connectivity index (χ3n) is 2.76. The van der Waals surface area contributed by atoms with Gasteiger partial charge in [-0.3, -0.25) is 9.69 Å². The van der Waals surface area contributed by atoms with Crippen molar-refractivity contribution in [1.29, 1.82) is 0 Å². The zero-order chi connectivity index (χ0) is 13.1. The fourth-order valence-electron chi connectivity index (χ4n) is 1.74. The first-order valence-electron chi connectivity index (χ1n) is 5.48. The zero-order valence-electron chi connectivity index (χ0n) is 9.55. The van der Waals surface area contributed by atoms with E-state index >= 15 is 0 Å². The summed E-state index contributed by atoms with van der Waals surface area (Å²) in [5.74, 6) is -0.969. The lowest BCUT2D eigenvalue weighted by molar-refractivity contribution is -0.124. The molecule has 0 aliphatic carbocycles. The highest BCUT2D eigenvalue weighted by molar-refractivity contribution is 7.80. The molecule has 1 amide bonds. The van der Waals surface area contributed by atoms with E-state index in [1.54, 1.807) is 24.3 Å². The summed E-state index contributed by atoms with van der Waals surface area (Å²) in [6.45, 7) is 0.772. The van der Waals surface area contributed by atoms with Gasteiger partial charge in [-0.05, 0) is 36.3 Å². The largest absolute Gasteiger partial charge is 0.478 e. The molecule has 1 aliphatic heterocycles. The molecule has 1 heterocycles. The second-order valence-electron chi connectivity index (χ2n) is 3.96. The highest BCUT2D eigenvalue weighted by Gasteiger charge is 2.24. The Morgan fingerprint density at radius 1 is 1.39 bits per heavy atom. The number of thiocarbonyl (C=S) groups is 1. The average molecular weight is 264 g/mol.